The predicted molar refractivity (Wildman–Crippen MR) is 81.6 cm³/mol. The van der Waals surface area contributed by atoms with Crippen molar-refractivity contribution in [1.29, 1.82) is 0 Å². The largest absolute Gasteiger partial charge is 0.494 e. The van der Waals surface area contributed by atoms with E-state index in [0.29, 0.717) is 23.4 Å². The Kier molecular flexibility index (Phi) is 3.44. The maximum absolute atomic E-state index is 12.1. The topological polar surface area (TPSA) is 52.3 Å². The Labute approximate surface area is 122 Å². The average Bonchev–Trinajstić information content (AvgIpc) is 2.48. The van der Waals surface area contributed by atoms with E-state index in [1.165, 1.54) is 0 Å². The normalized spacial score (nSPS) is 10.8. The number of hydrogen-bond acceptors (Lipinski definition) is 4. The fourth-order valence-electron chi connectivity index (χ4n) is 2.19. The van der Waals surface area contributed by atoms with Crippen molar-refractivity contribution in [2.24, 2.45) is 0 Å². The van der Waals surface area contributed by atoms with Gasteiger partial charge in [0.15, 0.2) is 0 Å². The minimum Gasteiger partial charge on any atom is -0.494 e. The van der Waals surface area contributed by atoms with Gasteiger partial charge in [-0.05, 0) is 44.2 Å². The molecule has 0 aliphatic carbocycles. The van der Waals surface area contributed by atoms with E-state index in [9.17, 15) is 4.79 Å². The van der Waals surface area contributed by atoms with Crippen LogP contribution in [-0.4, -0.2) is 11.6 Å². The zero-order valence-electron chi connectivity index (χ0n) is 11.9. The van der Waals surface area contributed by atoms with E-state index >= 15 is 0 Å². The molecule has 106 valence electrons. The average molecular weight is 281 g/mol. The minimum absolute atomic E-state index is 0.304. The van der Waals surface area contributed by atoms with E-state index in [0.717, 1.165) is 16.9 Å². The van der Waals surface area contributed by atoms with E-state index < -0.39 is 0 Å². The second-order valence-electron chi connectivity index (χ2n) is 4.79. The second-order valence-corrected chi connectivity index (χ2v) is 4.79. The molecule has 0 bridgehead atoms. The van der Waals surface area contributed by atoms with Crippen molar-refractivity contribution in [3.8, 4) is 17.2 Å². The van der Waals surface area contributed by atoms with Crippen molar-refractivity contribution in [2.45, 2.75) is 13.8 Å². The monoisotopic (exact) mass is 281 g/mol. The van der Waals surface area contributed by atoms with E-state index in [1.54, 1.807) is 6.07 Å². The van der Waals surface area contributed by atoms with Crippen LogP contribution in [0.2, 0.25) is 0 Å². The Balaban J connectivity index is 2.15. The van der Waals surface area contributed by atoms with Crippen molar-refractivity contribution in [2.75, 3.05) is 6.61 Å². The zero-order valence-corrected chi connectivity index (χ0v) is 11.9. The molecule has 21 heavy (non-hydrogen) atoms. The molecule has 1 heterocycles. The summed E-state index contributed by atoms with van der Waals surface area (Å²) in [5.74, 6) is 1.03. The minimum atomic E-state index is -0.375. The lowest BCUT2D eigenvalue weighted by Crippen LogP contribution is -2.03. The SMILES string of the molecule is CCOc1cccc(-c2nc3ccc(C)cc3c(=O)o2)c1. The van der Waals surface area contributed by atoms with Crippen LogP contribution in [-0.2, 0) is 0 Å². The summed E-state index contributed by atoms with van der Waals surface area (Å²) >= 11 is 0. The van der Waals surface area contributed by atoms with Gasteiger partial charge in [-0.25, -0.2) is 9.78 Å². The van der Waals surface area contributed by atoms with E-state index in [2.05, 4.69) is 4.98 Å². The molecule has 0 aliphatic heterocycles. The van der Waals surface area contributed by atoms with Crippen LogP contribution >= 0.6 is 0 Å². The van der Waals surface area contributed by atoms with Gasteiger partial charge >= 0.3 is 5.63 Å². The highest BCUT2D eigenvalue weighted by atomic mass is 16.5. The lowest BCUT2D eigenvalue weighted by Gasteiger charge is -2.05. The van der Waals surface area contributed by atoms with E-state index in [4.69, 9.17) is 9.15 Å². The number of rotatable bonds is 3. The first-order chi connectivity index (χ1) is 10.2. The molecular weight excluding hydrogens is 266 g/mol. The molecule has 0 atom stereocenters. The fraction of sp³-hybridized carbons (Fsp3) is 0.176. The molecule has 0 N–H and O–H groups in total. The van der Waals surface area contributed by atoms with Gasteiger partial charge in [0.2, 0.25) is 5.89 Å². The third kappa shape index (κ3) is 2.65. The summed E-state index contributed by atoms with van der Waals surface area (Å²) in [6.07, 6.45) is 0. The van der Waals surface area contributed by atoms with Gasteiger partial charge in [-0.3, -0.25) is 0 Å². The molecule has 3 aromatic rings. The summed E-state index contributed by atoms with van der Waals surface area (Å²) in [5.41, 5.74) is 1.98. The molecule has 4 nitrogen and oxygen atoms in total. The zero-order chi connectivity index (χ0) is 14.8. The number of aryl methyl sites for hydroxylation is 1. The van der Waals surface area contributed by atoms with Gasteiger partial charge in [0, 0.05) is 5.56 Å². The summed E-state index contributed by atoms with van der Waals surface area (Å²) < 4.78 is 10.8. The first-order valence-electron chi connectivity index (χ1n) is 6.82. The van der Waals surface area contributed by atoms with Gasteiger partial charge in [-0.15, -0.1) is 0 Å². The maximum Gasteiger partial charge on any atom is 0.347 e. The molecule has 4 heteroatoms. The molecule has 0 fully saturated rings. The summed E-state index contributed by atoms with van der Waals surface area (Å²) in [6, 6.07) is 12.9. The molecule has 0 spiro atoms. The second kappa shape index (κ2) is 5.40. The van der Waals surface area contributed by atoms with Crippen LogP contribution in [0.15, 0.2) is 51.7 Å². The lowest BCUT2D eigenvalue weighted by atomic mass is 10.1. The molecule has 0 amide bonds. The summed E-state index contributed by atoms with van der Waals surface area (Å²) in [6.45, 7) is 4.43. The Morgan fingerprint density at radius 2 is 2.05 bits per heavy atom. The standard InChI is InChI=1S/C17H15NO3/c1-3-20-13-6-4-5-12(10-13)16-18-15-8-7-11(2)9-14(15)17(19)21-16/h4-10H,3H2,1-2H3. The quantitative estimate of drug-likeness (QED) is 0.736. The van der Waals surface area contributed by atoms with Gasteiger partial charge in [-0.1, -0.05) is 17.7 Å². The number of ether oxygens (including phenoxy) is 1. The van der Waals surface area contributed by atoms with Crippen LogP contribution in [0.25, 0.3) is 22.4 Å². The van der Waals surface area contributed by atoms with Gasteiger partial charge in [0.05, 0.1) is 17.5 Å². The number of fused-ring (bicyclic) bond motifs is 1. The number of nitrogens with zero attached hydrogens (tertiary/aromatic N) is 1. The molecule has 1 aromatic heterocycles. The first-order valence-corrected chi connectivity index (χ1v) is 6.82. The number of aromatic nitrogens is 1. The van der Waals surface area contributed by atoms with Crippen LogP contribution in [0.3, 0.4) is 0 Å². The van der Waals surface area contributed by atoms with Crippen LogP contribution in [0.1, 0.15) is 12.5 Å². The lowest BCUT2D eigenvalue weighted by molar-refractivity contribution is 0.340. The van der Waals surface area contributed by atoms with Crippen molar-refractivity contribution >= 4 is 10.9 Å². The van der Waals surface area contributed by atoms with Crippen LogP contribution in [0.4, 0.5) is 0 Å². The summed E-state index contributed by atoms with van der Waals surface area (Å²) in [4.78, 5) is 16.5. The Morgan fingerprint density at radius 3 is 2.86 bits per heavy atom. The summed E-state index contributed by atoms with van der Waals surface area (Å²) in [5, 5.41) is 0.500. The number of benzene rings is 2. The van der Waals surface area contributed by atoms with Crippen molar-refractivity contribution < 1.29 is 9.15 Å². The first kappa shape index (κ1) is 13.4. The van der Waals surface area contributed by atoms with Gasteiger partial charge in [-0.2, -0.15) is 0 Å². The molecule has 3 rings (SSSR count). The van der Waals surface area contributed by atoms with E-state index in [1.807, 2.05) is 50.2 Å². The van der Waals surface area contributed by atoms with Gasteiger partial charge < -0.3 is 9.15 Å². The Hall–Kier alpha value is -2.62. The van der Waals surface area contributed by atoms with Crippen LogP contribution in [0, 0.1) is 6.92 Å². The molecular formula is C17H15NO3. The third-order valence-corrected chi connectivity index (χ3v) is 3.18. The fourth-order valence-corrected chi connectivity index (χ4v) is 2.19. The Bertz CT molecular complexity index is 852. The van der Waals surface area contributed by atoms with Crippen LogP contribution < -0.4 is 10.4 Å². The van der Waals surface area contributed by atoms with Gasteiger partial charge in [0.25, 0.3) is 0 Å². The third-order valence-electron chi connectivity index (χ3n) is 3.18. The summed E-state index contributed by atoms with van der Waals surface area (Å²) in [7, 11) is 0. The van der Waals surface area contributed by atoms with Gasteiger partial charge in [0.1, 0.15) is 5.75 Å². The van der Waals surface area contributed by atoms with Crippen LogP contribution in [0.5, 0.6) is 5.75 Å². The van der Waals surface area contributed by atoms with Crippen molar-refractivity contribution in [3.63, 3.8) is 0 Å². The molecule has 0 aliphatic rings. The number of hydrogen-bond donors (Lipinski definition) is 0. The highest BCUT2D eigenvalue weighted by Gasteiger charge is 2.09. The molecule has 0 saturated carbocycles. The molecule has 0 unspecified atom stereocenters. The molecule has 0 radical (unpaired) electrons. The van der Waals surface area contributed by atoms with E-state index in [-0.39, 0.29) is 5.63 Å². The molecule has 2 aromatic carbocycles. The predicted octanol–water partition coefficient (Wildman–Crippen LogP) is 3.56. The smallest absolute Gasteiger partial charge is 0.347 e. The molecule has 0 saturated heterocycles. The van der Waals surface area contributed by atoms with Crippen molar-refractivity contribution in [3.05, 3.63) is 58.4 Å². The maximum atomic E-state index is 12.1. The Morgan fingerprint density at radius 1 is 1.19 bits per heavy atom. The highest BCUT2D eigenvalue weighted by Crippen LogP contribution is 2.23. The highest BCUT2D eigenvalue weighted by molar-refractivity contribution is 5.79. The van der Waals surface area contributed by atoms with Crippen molar-refractivity contribution in [1.82, 2.24) is 4.98 Å².